The van der Waals surface area contributed by atoms with E-state index in [0.717, 1.165) is 38.5 Å². The van der Waals surface area contributed by atoms with Gasteiger partial charge in [-0.05, 0) is 135 Å². The molecule has 5 aliphatic carbocycles. The van der Waals surface area contributed by atoms with E-state index >= 15 is 0 Å². The Bertz CT molecular complexity index is 1930. The number of allylic oxidation sites excluding steroid dienone is 11. The van der Waals surface area contributed by atoms with E-state index in [1.807, 2.05) is 0 Å². The van der Waals surface area contributed by atoms with Crippen LogP contribution in [0.25, 0.3) is 40.1 Å². The highest BCUT2D eigenvalue weighted by Crippen LogP contribution is 2.48. The molecule has 0 fully saturated rings. The lowest BCUT2D eigenvalue weighted by Crippen LogP contribution is -2.35. The van der Waals surface area contributed by atoms with Crippen molar-refractivity contribution >= 4 is 40.1 Å². The van der Waals surface area contributed by atoms with Crippen molar-refractivity contribution in [2.45, 2.75) is 58.8 Å². The molecule has 0 amide bonds. The maximum Gasteiger partial charge on any atom is 0.00980 e. The lowest BCUT2D eigenvalue weighted by Gasteiger charge is -2.36. The summed E-state index contributed by atoms with van der Waals surface area (Å²) in [7, 11) is 0. The Balaban J connectivity index is 1.39. The van der Waals surface area contributed by atoms with Gasteiger partial charge in [0.05, 0.1) is 0 Å². The molecule has 0 saturated heterocycles. The minimum absolute atomic E-state index is 0.522. The van der Waals surface area contributed by atoms with E-state index in [4.69, 9.17) is 0 Å². The van der Waals surface area contributed by atoms with Crippen LogP contribution in [0, 0.1) is 11.8 Å². The van der Waals surface area contributed by atoms with Gasteiger partial charge in [-0.3, -0.25) is 0 Å². The van der Waals surface area contributed by atoms with Crippen LogP contribution in [0.4, 0.5) is 0 Å². The second-order valence-electron chi connectivity index (χ2n) is 12.5. The first-order chi connectivity index (χ1) is 20.2. The Hall–Kier alpha value is -3.90. The minimum Gasteiger partial charge on any atom is -0.0842 e. The average molecular weight is 531 g/mol. The van der Waals surface area contributed by atoms with Crippen LogP contribution in [0.2, 0.25) is 0 Å². The van der Waals surface area contributed by atoms with Crippen molar-refractivity contribution in [3.8, 4) is 0 Å². The van der Waals surface area contributed by atoms with Gasteiger partial charge in [-0.2, -0.15) is 0 Å². The lowest BCUT2D eigenvalue weighted by atomic mass is 9.68. The van der Waals surface area contributed by atoms with Crippen molar-refractivity contribution in [3.05, 3.63) is 134 Å². The largest absolute Gasteiger partial charge is 0.0842 e. The quantitative estimate of drug-likeness (QED) is 0.310. The molecule has 0 saturated carbocycles. The molecule has 0 nitrogen and oxygen atoms in total. The third kappa shape index (κ3) is 3.95. The molecule has 3 aromatic carbocycles. The Morgan fingerprint density at radius 2 is 1.49 bits per heavy atom. The average Bonchev–Trinajstić information content (AvgIpc) is 3.02. The second-order valence-corrected chi connectivity index (χ2v) is 12.5. The summed E-state index contributed by atoms with van der Waals surface area (Å²) >= 11 is 0. The Kier molecular flexibility index (Phi) is 5.99. The van der Waals surface area contributed by atoms with Crippen molar-refractivity contribution < 1.29 is 0 Å². The molecule has 3 aromatic rings. The van der Waals surface area contributed by atoms with Crippen LogP contribution in [-0.2, 0) is 6.42 Å². The van der Waals surface area contributed by atoms with Gasteiger partial charge in [0.1, 0.15) is 0 Å². The van der Waals surface area contributed by atoms with Crippen LogP contribution >= 0.6 is 0 Å². The zero-order chi connectivity index (χ0) is 27.5. The number of hydrogen-bond acceptors (Lipinski definition) is 0. The molecule has 0 heteroatoms. The molecule has 2 unspecified atom stereocenters. The summed E-state index contributed by atoms with van der Waals surface area (Å²) in [5.41, 5.74) is 15.0. The highest BCUT2D eigenvalue weighted by atomic mass is 14.4. The number of benzene rings is 3. The van der Waals surface area contributed by atoms with E-state index in [2.05, 4.69) is 111 Å². The minimum atomic E-state index is 0.522. The van der Waals surface area contributed by atoms with Crippen molar-refractivity contribution in [1.82, 2.24) is 0 Å². The molecule has 8 rings (SSSR count). The van der Waals surface area contributed by atoms with Gasteiger partial charge in [0.25, 0.3) is 0 Å². The van der Waals surface area contributed by atoms with Crippen LogP contribution < -0.4 is 10.4 Å². The highest BCUT2D eigenvalue weighted by molar-refractivity contribution is 6.05. The molecule has 0 radical (unpaired) electrons. The molecule has 202 valence electrons. The fourth-order valence-corrected chi connectivity index (χ4v) is 8.31. The normalized spacial score (nSPS) is 23.9. The summed E-state index contributed by atoms with van der Waals surface area (Å²) in [5.74, 6) is 1.13. The van der Waals surface area contributed by atoms with Gasteiger partial charge in [-0.1, -0.05) is 104 Å². The molecular formula is C41H38. The molecule has 0 aromatic heterocycles. The smallest absolute Gasteiger partial charge is 0.00980 e. The number of fused-ring (bicyclic) bond motifs is 6. The fourth-order valence-electron chi connectivity index (χ4n) is 8.31. The summed E-state index contributed by atoms with van der Waals surface area (Å²) < 4.78 is 0. The van der Waals surface area contributed by atoms with Gasteiger partial charge in [0.15, 0.2) is 0 Å². The zero-order valence-corrected chi connectivity index (χ0v) is 24.3. The first-order valence-electron chi connectivity index (χ1n) is 15.7. The highest BCUT2D eigenvalue weighted by Gasteiger charge is 2.33. The Morgan fingerprint density at radius 1 is 0.732 bits per heavy atom. The summed E-state index contributed by atoms with van der Waals surface area (Å²) in [4.78, 5) is 0. The number of rotatable bonds is 2. The third-order valence-corrected chi connectivity index (χ3v) is 10.3. The predicted molar refractivity (Wildman–Crippen MR) is 176 cm³/mol. The molecule has 41 heavy (non-hydrogen) atoms. The van der Waals surface area contributed by atoms with Gasteiger partial charge in [-0.25, -0.2) is 0 Å². The van der Waals surface area contributed by atoms with Crippen molar-refractivity contribution in [3.63, 3.8) is 0 Å². The summed E-state index contributed by atoms with van der Waals surface area (Å²) in [6, 6.07) is 18.2. The van der Waals surface area contributed by atoms with Gasteiger partial charge >= 0.3 is 0 Å². The fraction of sp³-hybridized carbons (Fsp3) is 0.268. The van der Waals surface area contributed by atoms with Crippen molar-refractivity contribution in [2.75, 3.05) is 0 Å². The van der Waals surface area contributed by atoms with E-state index in [-0.39, 0.29) is 0 Å². The van der Waals surface area contributed by atoms with Crippen molar-refractivity contribution in [1.29, 1.82) is 0 Å². The van der Waals surface area contributed by atoms with Gasteiger partial charge in [-0.15, -0.1) is 0 Å². The van der Waals surface area contributed by atoms with Gasteiger partial charge < -0.3 is 0 Å². The summed E-state index contributed by atoms with van der Waals surface area (Å²) in [6.45, 7) is 4.59. The van der Waals surface area contributed by atoms with E-state index in [1.165, 1.54) is 72.2 Å². The lowest BCUT2D eigenvalue weighted by molar-refractivity contribution is 0.512. The van der Waals surface area contributed by atoms with Crippen LogP contribution in [0.5, 0.6) is 0 Å². The monoisotopic (exact) mass is 530 g/mol. The topological polar surface area (TPSA) is 0 Å². The molecular weight excluding hydrogens is 492 g/mol. The third-order valence-electron chi connectivity index (χ3n) is 10.3. The zero-order valence-electron chi connectivity index (χ0n) is 24.3. The van der Waals surface area contributed by atoms with Crippen LogP contribution in [0.15, 0.2) is 101 Å². The maximum absolute atomic E-state index is 2.57. The molecule has 5 aliphatic rings. The van der Waals surface area contributed by atoms with Gasteiger partial charge in [0.2, 0.25) is 0 Å². The van der Waals surface area contributed by atoms with E-state index < -0.39 is 0 Å². The number of aryl methyl sites for hydroxylation is 1. The van der Waals surface area contributed by atoms with Crippen LogP contribution in [-0.4, -0.2) is 0 Å². The SMILES string of the molecule is CC=C1C=C2C=CC3=C(c4c5c(c(C6=Cc7ccccc7CC6)c6ccccc46)=CCCC=5)CCC=C3C2CC1C. The molecule has 0 aliphatic heterocycles. The summed E-state index contributed by atoms with van der Waals surface area (Å²) in [5, 5.41) is 5.81. The maximum atomic E-state index is 2.57. The van der Waals surface area contributed by atoms with Crippen LogP contribution in [0.3, 0.4) is 0 Å². The van der Waals surface area contributed by atoms with E-state index in [1.54, 1.807) is 11.1 Å². The molecule has 2 atom stereocenters. The van der Waals surface area contributed by atoms with E-state index in [9.17, 15) is 0 Å². The Morgan fingerprint density at radius 3 is 2.32 bits per heavy atom. The molecule has 0 spiro atoms. The van der Waals surface area contributed by atoms with Crippen molar-refractivity contribution in [2.24, 2.45) is 11.8 Å². The predicted octanol–water partition coefficient (Wildman–Crippen LogP) is 9.25. The van der Waals surface area contributed by atoms with Crippen LogP contribution in [0.1, 0.15) is 74.6 Å². The Labute approximate surface area is 244 Å². The summed E-state index contributed by atoms with van der Waals surface area (Å²) in [6.07, 6.45) is 27.7. The first-order valence-corrected chi connectivity index (χ1v) is 15.7. The number of hydrogen-bond donors (Lipinski definition) is 0. The molecule has 0 bridgehead atoms. The molecule has 0 heterocycles. The second kappa shape index (κ2) is 9.88. The van der Waals surface area contributed by atoms with Gasteiger partial charge in [0, 0.05) is 5.92 Å². The van der Waals surface area contributed by atoms with E-state index in [0.29, 0.717) is 11.8 Å². The standard InChI is InChI=1S/C41H38/c1-3-27-24-30-21-22-33-32(39(30)23-26(27)2)17-10-18-34(33)41-37-15-8-6-13-35(37)40(36-14-7-9-16-38(36)41)31-20-19-28-11-4-5-12-29(28)25-31/h3-6,8,11-17,21-22,24-26,39H,7,9-10,18-20,23H2,1-2H3. The molecule has 0 N–H and O–H groups in total. The first kappa shape index (κ1) is 24.9.